The fraction of sp³-hybridized carbons (Fsp3) is 0.455. The second kappa shape index (κ2) is 3.72. The van der Waals surface area contributed by atoms with Gasteiger partial charge < -0.3 is 14.8 Å². The maximum atomic E-state index is 12.0. The fourth-order valence-electron chi connectivity index (χ4n) is 1.57. The summed E-state index contributed by atoms with van der Waals surface area (Å²) in [5.41, 5.74) is 0.211. The van der Waals surface area contributed by atoms with Crippen molar-refractivity contribution in [3.8, 4) is 11.5 Å². The van der Waals surface area contributed by atoms with E-state index in [-0.39, 0.29) is 5.75 Å². The summed E-state index contributed by atoms with van der Waals surface area (Å²) in [4.78, 5) is 0. The van der Waals surface area contributed by atoms with Gasteiger partial charge in [-0.1, -0.05) is 0 Å². The van der Waals surface area contributed by atoms with Crippen molar-refractivity contribution in [2.75, 3.05) is 11.9 Å². The minimum absolute atomic E-state index is 0.282. The van der Waals surface area contributed by atoms with E-state index in [2.05, 4.69) is 10.1 Å². The van der Waals surface area contributed by atoms with Gasteiger partial charge in [-0.25, -0.2) is 0 Å². The molecule has 0 saturated heterocycles. The van der Waals surface area contributed by atoms with E-state index < -0.39 is 12.0 Å². The Kier molecular flexibility index (Phi) is 2.60. The molecular formula is C11H12F3NO2. The molecule has 0 aromatic heterocycles. The highest BCUT2D eigenvalue weighted by Crippen LogP contribution is 2.37. The van der Waals surface area contributed by atoms with Crippen molar-refractivity contribution in [1.29, 1.82) is 0 Å². The first kappa shape index (κ1) is 11.9. The lowest BCUT2D eigenvalue weighted by Crippen LogP contribution is -2.40. The Morgan fingerprint density at radius 3 is 2.71 bits per heavy atom. The second-order valence-corrected chi connectivity index (χ2v) is 4.42. The van der Waals surface area contributed by atoms with E-state index in [4.69, 9.17) is 4.74 Å². The van der Waals surface area contributed by atoms with E-state index in [1.54, 1.807) is 0 Å². The lowest BCUT2D eigenvalue weighted by atomic mass is 10.1. The molecule has 0 aliphatic carbocycles. The first-order valence-corrected chi connectivity index (χ1v) is 5.08. The molecule has 1 N–H and O–H groups in total. The average Bonchev–Trinajstić information content (AvgIpc) is 2.12. The molecular weight excluding hydrogens is 235 g/mol. The van der Waals surface area contributed by atoms with Crippen LogP contribution in [0.1, 0.15) is 13.8 Å². The lowest BCUT2D eigenvalue weighted by molar-refractivity contribution is -0.274. The third-order valence-electron chi connectivity index (χ3n) is 2.28. The number of anilines is 1. The van der Waals surface area contributed by atoms with Crippen molar-refractivity contribution in [2.45, 2.75) is 25.8 Å². The number of alkyl halides is 3. The van der Waals surface area contributed by atoms with Crippen LogP contribution in [-0.2, 0) is 0 Å². The van der Waals surface area contributed by atoms with E-state index in [0.717, 1.165) is 0 Å². The monoisotopic (exact) mass is 247 g/mol. The Balaban J connectivity index is 2.24. The van der Waals surface area contributed by atoms with Crippen LogP contribution in [0.3, 0.4) is 0 Å². The standard InChI is InChI=1S/C11H12F3NO2/c1-10(2)6-15-8-4-3-7(5-9(8)17-10)16-11(12,13)14/h3-5,15H,6H2,1-2H3. The molecule has 0 bridgehead atoms. The van der Waals surface area contributed by atoms with Gasteiger partial charge in [-0.15, -0.1) is 13.2 Å². The average molecular weight is 247 g/mol. The van der Waals surface area contributed by atoms with E-state index >= 15 is 0 Å². The van der Waals surface area contributed by atoms with Crippen LogP contribution in [0.5, 0.6) is 11.5 Å². The molecule has 94 valence electrons. The zero-order valence-electron chi connectivity index (χ0n) is 9.39. The highest BCUT2D eigenvalue weighted by Gasteiger charge is 2.32. The van der Waals surface area contributed by atoms with Crippen LogP contribution in [0.15, 0.2) is 18.2 Å². The van der Waals surface area contributed by atoms with Gasteiger partial charge in [-0.05, 0) is 26.0 Å². The summed E-state index contributed by atoms with van der Waals surface area (Å²) in [6, 6.07) is 3.99. The molecule has 1 aliphatic heterocycles. The minimum atomic E-state index is -4.69. The van der Waals surface area contributed by atoms with Crippen LogP contribution in [0.4, 0.5) is 18.9 Å². The molecule has 1 heterocycles. The van der Waals surface area contributed by atoms with Gasteiger partial charge in [0.05, 0.1) is 12.2 Å². The number of benzene rings is 1. The summed E-state index contributed by atoms with van der Waals surface area (Å²) < 4.78 is 45.5. The summed E-state index contributed by atoms with van der Waals surface area (Å²) in [6.45, 7) is 4.29. The Bertz CT molecular complexity index is 429. The molecule has 1 aliphatic rings. The van der Waals surface area contributed by atoms with Gasteiger partial charge in [-0.2, -0.15) is 0 Å². The predicted molar refractivity (Wildman–Crippen MR) is 56.3 cm³/mol. The topological polar surface area (TPSA) is 30.5 Å². The lowest BCUT2D eigenvalue weighted by Gasteiger charge is -2.33. The minimum Gasteiger partial charge on any atom is -0.484 e. The SMILES string of the molecule is CC1(C)CNc2ccc(OC(F)(F)F)cc2O1. The number of hydrogen-bond acceptors (Lipinski definition) is 3. The van der Waals surface area contributed by atoms with E-state index in [9.17, 15) is 13.2 Å². The number of rotatable bonds is 1. The third kappa shape index (κ3) is 2.95. The molecule has 3 nitrogen and oxygen atoms in total. The Labute approximate surface area is 96.5 Å². The maximum Gasteiger partial charge on any atom is 0.573 e. The zero-order chi connectivity index (χ0) is 12.7. The summed E-state index contributed by atoms with van der Waals surface area (Å²) >= 11 is 0. The highest BCUT2D eigenvalue weighted by atomic mass is 19.4. The van der Waals surface area contributed by atoms with Crippen LogP contribution in [0.2, 0.25) is 0 Å². The number of fused-ring (bicyclic) bond motifs is 1. The first-order chi connectivity index (χ1) is 7.75. The molecule has 2 rings (SSSR count). The van der Waals surface area contributed by atoms with Gasteiger partial charge >= 0.3 is 6.36 Å². The second-order valence-electron chi connectivity index (χ2n) is 4.42. The smallest absolute Gasteiger partial charge is 0.484 e. The molecule has 0 amide bonds. The van der Waals surface area contributed by atoms with Gasteiger partial charge in [0.2, 0.25) is 0 Å². The van der Waals surface area contributed by atoms with Crippen molar-refractivity contribution in [2.24, 2.45) is 0 Å². The molecule has 0 atom stereocenters. The van der Waals surface area contributed by atoms with Crippen molar-refractivity contribution in [1.82, 2.24) is 0 Å². The molecule has 1 aromatic carbocycles. The Hall–Kier alpha value is -1.59. The number of ether oxygens (including phenoxy) is 2. The van der Waals surface area contributed by atoms with Gasteiger partial charge in [-0.3, -0.25) is 0 Å². The highest BCUT2D eigenvalue weighted by molar-refractivity contribution is 5.61. The number of hydrogen-bond donors (Lipinski definition) is 1. The molecule has 1 aromatic rings. The van der Waals surface area contributed by atoms with Crippen LogP contribution in [-0.4, -0.2) is 18.5 Å². The van der Waals surface area contributed by atoms with Gasteiger partial charge in [0.15, 0.2) is 0 Å². The van der Waals surface area contributed by atoms with Crippen LogP contribution >= 0.6 is 0 Å². The molecule has 17 heavy (non-hydrogen) atoms. The van der Waals surface area contributed by atoms with Crippen molar-refractivity contribution in [3.05, 3.63) is 18.2 Å². The van der Waals surface area contributed by atoms with E-state index in [0.29, 0.717) is 18.0 Å². The molecule has 0 unspecified atom stereocenters. The third-order valence-corrected chi connectivity index (χ3v) is 2.28. The molecule has 0 radical (unpaired) electrons. The van der Waals surface area contributed by atoms with Crippen LogP contribution in [0, 0.1) is 0 Å². The predicted octanol–water partition coefficient (Wildman–Crippen LogP) is 3.17. The van der Waals surface area contributed by atoms with E-state index in [1.165, 1.54) is 18.2 Å². The molecule has 0 saturated carbocycles. The normalized spacial score (nSPS) is 17.7. The summed E-state index contributed by atoms with van der Waals surface area (Å²) in [5.74, 6) is 0.0822. The summed E-state index contributed by atoms with van der Waals surface area (Å²) in [6.07, 6.45) is -4.69. The van der Waals surface area contributed by atoms with E-state index in [1.807, 2.05) is 13.8 Å². The largest absolute Gasteiger partial charge is 0.573 e. The van der Waals surface area contributed by atoms with Gasteiger partial charge in [0.1, 0.15) is 17.1 Å². The first-order valence-electron chi connectivity index (χ1n) is 5.08. The van der Waals surface area contributed by atoms with Crippen molar-refractivity contribution < 1.29 is 22.6 Å². The van der Waals surface area contributed by atoms with Crippen LogP contribution < -0.4 is 14.8 Å². The van der Waals surface area contributed by atoms with Crippen LogP contribution in [0.25, 0.3) is 0 Å². The fourth-order valence-corrected chi connectivity index (χ4v) is 1.57. The summed E-state index contributed by atoms with van der Waals surface area (Å²) in [5, 5.41) is 3.08. The maximum absolute atomic E-state index is 12.0. The van der Waals surface area contributed by atoms with Gasteiger partial charge in [0.25, 0.3) is 0 Å². The quantitative estimate of drug-likeness (QED) is 0.826. The number of nitrogens with one attached hydrogen (secondary N) is 1. The van der Waals surface area contributed by atoms with Crippen molar-refractivity contribution >= 4 is 5.69 Å². The Morgan fingerprint density at radius 1 is 1.35 bits per heavy atom. The van der Waals surface area contributed by atoms with Crippen molar-refractivity contribution in [3.63, 3.8) is 0 Å². The molecule has 6 heteroatoms. The molecule has 0 spiro atoms. The summed E-state index contributed by atoms with van der Waals surface area (Å²) in [7, 11) is 0. The zero-order valence-corrected chi connectivity index (χ0v) is 9.39. The Morgan fingerprint density at radius 2 is 2.06 bits per heavy atom. The van der Waals surface area contributed by atoms with Gasteiger partial charge in [0, 0.05) is 6.07 Å². The molecule has 0 fully saturated rings. The number of halogens is 3.